The van der Waals surface area contributed by atoms with Crippen LogP contribution in [0.3, 0.4) is 0 Å². The topological polar surface area (TPSA) is 73.6 Å². The molecule has 128 valence electrons. The maximum absolute atomic E-state index is 11.0. The average Bonchev–Trinajstić information content (AvgIpc) is 2.60. The number of nitrogens with one attached hydrogen (secondary N) is 1. The van der Waals surface area contributed by atoms with Gasteiger partial charge in [-0.25, -0.2) is 0 Å². The van der Waals surface area contributed by atoms with Gasteiger partial charge in [-0.1, -0.05) is 24.3 Å². The quantitative estimate of drug-likeness (QED) is 0.593. The molecule has 1 N–H and O–H groups in total. The highest BCUT2D eigenvalue weighted by Gasteiger charge is 2.13. The highest BCUT2D eigenvalue weighted by atomic mass is 16.6. The Morgan fingerprint density at radius 1 is 1.12 bits per heavy atom. The summed E-state index contributed by atoms with van der Waals surface area (Å²) in [4.78, 5) is 10.7. The van der Waals surface area contributed by atoms with Gasteiger partial charge in [0.15, 0.2) is 11.5 Å². The first-order valence-electron chi connectivity index (χ1n) is 7.71. The third kappa shape index (κ3) is 4.45. The number of nitro groups is 1. The summed E-state index contributed by atoms with van der Waals surface area (Å²) in [5.41, 5.74) is 1.93. The predicted octanol–water partition coefficient (Wildman–Crippen LogP) is 3.33. The van der Waals surface area contributed by atoms with Gasteiger partial charge in [0.25, 0.3) is 5.69 Å². The summed E-state index contributed by atoms with van der Waals surface area (Å²) in [6.45, 7) is 2.50. The zero-order valence-electron chi connectivity index (χ0n) is 14.1. The molecule has 2 aromatic rings. The number of methoxy groups -OCH3 is 2. The summed E-state index contributed by atoms with van der Waals surface area (Å²) in [6, 6.07) is 12.8. The molecule has 0 aromatic heterocycles. The van der Waals surface area contributed by atoms with Crippen LogP contribution in [0.2, 0.25) is 0 Å². The molecule has 1 unspecified atom stereocenters. The van der Waals surface area contributed by atoms with E-state index in [1.807, 2.05) is 31.2 Å². The van der Waals surface area contributed by atoms with Crippen LogP contribution in [0.1, 0.15) is 18.1 Å². The van der Waals surface area contributed by atoms with Crippen LogP contribution in [0.5, 0.6) is 11.5 Å². The molecule has 0 fully saturated rings. The first-order chi connectivity index (χ1) is 11.5. The van der Waals surface area contributed by atoms with Crippen molar-refractivity contribution in [2.75, 3.05) is 14.2 Å². The van der Waals surface area contributed by atoms with E-state index in [-0.39, 0.29) is 16.7 Å². The summed E-state index contributed by atoms with van der Waals surface area (Å²) in [5.74, 6) is 1.39. The van der Waals surface area contributed by atoms with Gasteiger partial charge in [-0.05, 0) is 31.0 Å². The highest BCUT2D eigenvalue weighted by Crippen LogP contribution is 2.28. The fourth-order valence-electron chi connectivity index (χ4n) is 2.56. The smallest absolute Gasteiger partial charge is 0.273 e. The number of nitrogens with zero attached hydrogens (tertiary/aromatic N) is 1. The Hall–Kier alpha value is -2.60. The lowest BCUT2D eigenvalue weighted by Gasteiger charge is -2.15. The van der Waals surface area contributed by atoms with Gasteiger partial charge < -0.3 is 14.8 Å². The maximum atomic E-state index is 11.0. The Balaban J connectivity index is 1.99. The van der Waals surface area contributed by atoms with E-state index < -0.39 is 0 Å². The average molecular weight is 330 g/mol. The molecular formula is C18H22N2O4. The van der Waals surface area contributed by atoms with Crippen LogP contribution in [0.25, 0.3) is 0 Å². The summed E-state index contributed by atoms with van der Waals surface area (Å²) >= 11 is 0. The lowest BCUT2D eigenvalue weighted by atomic mass is 10.1. The maximum Gasteiger partial charge on any atom is 0.273 e. The molecule has 24 heavy (non-hydrogen) atoms. The predicted molar refractivity (Wildman–Crippen MR) is 92.6 cm³/mol. The van der Waals surface area contributed by atoms with Crippen molar-refractivity contribution in [3.8, 4) is 11.5 Å². The van der Waals surface area contributed by atoms with Crippen molar-refractivity contribution in [3.05, 3.63) is 63.7 Å². The number of benzene rings is 2. The van der Waals surface area contributed by atoms with E-state index in [0.717, 1.165) is 12.0 Å². The van der Waals surface area contributed by atoms with Crippen LogP contribution >= 0.6 is 0 Å². The minimum atomic E-state index is -0.351. The second-order valence-corrected chi connectivity index (χ2v) is 5.56. The Labute approximate surface area is 141 Å². The minimum absolute atomic E-state index is 0.142. The van der Waals surface area contributed by atoms with Gasteiger partial charge in [-0.2, -0.15) is 0 Å². The van der Waals surface area contributed by atoms with E-state index in [1.54, 1.807) is 26.4 Å². The van der Waals surface area contributed by atoms with E-state index in [2.05, 4.69) is 5.32 Å². The molecule has 0 aliphatic carbocycles. The molecule has 0 radical (unpaired) electrons. The molecule has 0 saturated heterocycles. The lowest BCUT2D eigenvalue weighted by Crippen LogP contribution is -2.27. The lowest BCUT2D eigenvalue weighted by molar-refractivity contribution is -0.385. The number of hydrogen-bond donors (Lipinski definition) is 1. The Kier molecular flexibility index (Phi) is 6.14. The molecule has 0 aliphatic rings. The van der Waals surface area contributed by atoms with Crippen molar-refractivity contribution in [3.63, 3.8) is 0 Å². The minimum Gasteiger partial charge on any atom is -0.493 e. The first kappa shape index (κ1) is 17.7. The molecule has 0 saturated carbocycles. The van der Waals surface area contributed by atoms with Gasteiger partial charge in [0.2, 0.25) is 0 Å². The number of ether oxygens (including phenoxy) is 2. The van der Waals surface area contributed by atoms with E-state index in [4.69, 9.17) is 9.47 Å². The fraction of sp³-hybridized carbons (Fsp3) is 0.333. The second-order valence-electron chi connectivity index (χ2n) is 5.56. The summed E-state index contributed by atoms with van der Waals surface area (Å²) in [5, 5.41) is 14.4. The van der Waals surface area contributed by atoms with Crippen molar-refractivity contribution in [1.82, 2.24) is 5.32 Å². The van der Waals surface area contributed by atoms with E-state index in [9.17, 15) is 10.1 Å². The Morgan fingerprint density at radius 2 is 1.83 bits per heavy atom. The number of para-hydroxylation sites is 1. The molecule has 6 heteroatoms. The molecular weight excluding hydrogens is 308 g/mol. The van der Waals surface area contributed by atoms with Gasteiger partial charge in [-0.15, -0.1) is 0 Å². The van der Waals surface area contributed by atoms with Gasteiger partial charge in [0.1, 0.15) is 0 Å². The Morgan fingerprint density at radius 3 is 2.50 bits per heavy atom. The van der Waals surface area contributed by atoms with Crippen LogP contribution in [-0.2, 0) is 13.0 Å². The Bertz CT molecular complexity index is 703. The third-order valence-electron chi connectivity index (χ3n) is 3.82. The van der Waals surface area contributed by atoms with Crippen LogP contribution in [0.15, 0.2) is 42.5 Å². The zero-order chi connectivity index (χ0) is 17.5. The van der Waals surface area contributed by atoms with Crippen LogP contribution in [0, 0.1) is 10.1 Å². The van der Waals surface area contributed by atoms with Gasteiger partial charge >= 0.3 is 0 Å². The van der Waals surface area contributed by atoms with Crippen LogP contribution in [-0.4, -0.2) is 25.2 Å². The van der Waals surface area contributed by atoms with Gasteiger partial charge in [0.05, 0.1) is 19.1 Å². The summed E-state index contributed by atoms with van der Waals surface area (Å²) in [6.07, 6.45) is 0.779. The molecule has 6 nitrogen and oxygen atoms in total. The van der Waals surface area contributed by atoms with E-state index in [1.165, 1.54) is 6.07 Å². The van der Waals surface area contributed by atoms with Gasteiger partial charge in [-0.3, -0.25) is 10.1 Å². The molecule has 2 rings (SSSR count). The monoisotopic (exact) mass is 330 g/mol. The molecule has 0 heterocycles. The third-order valence-corrected chi connectivity index (χ3v) is 3.82. The SMILES string of the molecule is COc1ccc(CC(C)NCc2ccccc2[N+](=O)[O-])cc1OC. The number of nitro benzene ring substituents is 1. The van der Waals surface area contributed by atoms with Crippen LogP contribution in [0.4, 0.5) is 5.69 Å². The number of rotatable bonds is 8. The zero-order valence-corrected chi connectivity index (χ0v) is 14.1. The van der Waals surface area contributed by atoms with E-state index in [0.29, 0.717) is 23.6 Å². The summed E-state index contributed by atoms with van der Waals surface area (Å²) in [7, 11) is 3.21. The van der Waals surface area contributed by atoms with Crippen molar-refractivity contribution in [2.24, 2.45) is 0 Å². The van der Waals surface area contributed by atoms with E-state index >= 15 is 0 Å². The van der Waals surface area contributed by atoms with Crippen molar-refractivity contribution in [1.29, 1.82) is 0 Å². The highest BCUT2D eigenvalue weighted by molar-refractivity contribution is 5.43. The molecule has 0 spiro atoms. The molecule has 2 aromatic carbocycles. The molecule has 1 atom stereocenters. The van der Waals surface area contributed by atoms with Gasteiger partial charge in [0, 0.05) is 24.2 Å². The second kappa shape index (κ2) is 8.31. The molecule has 0 bridgehead atoms. The molecule has 0 aliphatic heterocycles. The van der Waals surface area contributed by atoms with Crippen LogP contribution < -0.4 is 14.8 Å². The standard InChI is InChI=1S/C18H22N2O4/c1-13(10-14-8-9-17(23-2)18(11-14)24-3)19-12-15-6-4-5-7-16(15)20(21)22/h4-9,11,13,19H,10,12H2,1-3H3. The fourth-order valence-corrected chi connectivity index (χ4v) is 2.56. The van der Waals surface area contributed by atoms with Crippen molar-refractivity contribution >= 4 is 5.69 Å². The summed E-state index contributed by atoms with van der Waals surface area (Å²) < 4.78 is 10.5. The van der Waals surface area contributed by atoms with Crippen molar-refractivity contribution in [2.45, 2.75) is 25.9 Å². The largest absolute Gasteiger partial charge is 0.493 e. The molecule has 0 amide bonds. The normalized spacial score (nSPS) is 11.8. The first-order valence-corrected chi connectivity index (χ1v) is 7.71. The van der Waals surface area contributed by atoms with Crippen molar-refractivity contribution < 1.29 is 14.4 Å². The number of hydrogen-bond acceptors (Lipinski definition) is 5.